The van der Waals surface area contributed by atoms with Gasteiger partial charge in [-0.1, -0.05) is 85.8 Å². The fourth-order valence-electron chi connectivity index (χ4n) is 3.72. The average Bonchev–Trinajstić information content (AvgIpc) is 2.70. The summed E-state index contributed by atoms with van der Waals surface area (Å²) in [7, 11) is 0. The number of benzene rings is 2. The highest BCUT2D eigenvalue weighted by atomic mass is 14.6. The number of rotatable bonds is 7. The minimum Gasteiger partial charge on any atom is -0.324 e. The first-order valence-corrected chi connectivity index (χ1v) is 9.48. The molecule has 0 saturated heterocycles. The molecular weight excluding hydrogens is 302 g/mol. The summed E-state index contributed by atoms with van der Waals surface area (Å²) in [6, 6.07) is 21.5. The first-order valence-electron chi connectivity index (χ1n) is 9.48. The Hall–Kier alpha value is -2.12. The van der Waals surface area contributed by atoms with Crippen LogP contribution in [0.25, 0.3) is 0 Å². The maximum Gasteiger partial charge on any atom is 0.0320 e. The Bertz CT molecular complexity index is 699. The number of nitrogens with two attached hydrogens (primary N) is 1. The predicted molar refractivity (Wildman–Crippen MR) is 107 cm³/mol. The Labute approximate surface area is 152 Å². The van der Waals surface area contributed by atoms with Crippen LogP contribution >= 0.6 is 0 Å². The van der Waals surface area contributed by atoms with Gasteiger partial charge in [-0.3, -0.25) is 0 Å². The van der Waals surface area contributed by atoms with E-state index in [1.54, 1.807) is 0 Å². The van der Waals surface area contributed by atoms with Gasteiger partial charge < -0.3 is 5.73 Å². The molecule has 0 saturated carbocycles. The molecule has 0 radical (unpaired) electrons. The molecule has 130 valence electrons. The quantitative estimate of drug-likeness (QED) is 0.645. The Kier molecular flexibility index (Phi) is 6.25. The molecule has 0 aliphatic heterocycles. The van der Waals surface area contributed by atoms with Gasteiger partial charge in [-0.05, 0) is 48.3 Å². The summed E-state index contributed by atoms with van der Waals surface area (Å²) in [4.78, 5) is 0. The fraction of sp³-hybridized carbons (Fsp3) is 0.333. The largest absolute Gasteiger partial charge is 0.324 e. The third kappa shape index (κ3) is 4.70. The fourth-order valence-corrected chi connectivity index (χ4v) is 3.72. The topological polar surface area (TPSA) is 26.0 Å². The summed E-state index contributed by atoms with van der Waals surface area (Å²) in [5.41, 5.74) is 10.6. The summed E-state index contributed by atoms with van der Waals surface area (Å²) in [6.07, 6.45) is 11.6. The van der Waals surface area contributed by atoms with E-state index in [1.165, 1.54) is 23.1 Å². The van der Waals surface area contributed by atoms with E-state index in [0.717, 1.165) is 19.3 Å². The summed E-state index contributed by atoms with van der Waals surface area (Å²) >= 11 is 0. The van der Waals surface area contributed by atoms with E-state index in [9.17, 15) is 0 Å². The summed E-state index contributed by atoms with van der Waals surface area (Å²) < 4.78 is 0. The van der Waals surface area contributed by atoms with Crippen LogP contribution in [0.3, 0.4) is 0 Å². The molecule has 3 atom stereocenters. The summed E-state index contributed by atoms with van der Waals surface area (Å²) in [5.74, 6) is 0.935. The Morgan fingerprint density at radius 3 is 2.08 bits per heavy atom. The van der Waals surface area contributed by atoms with E-state index in [4.69, 9.17) is 5.73 Å². The molecule has 3 unspecified atom stereocenters. The lowest BCUT2D eigenvalue weighted by molar-refractivity contribution is 0.415. The molecular formula is C24H29N. The van der Waals surface area contributed by atoms with E-state index in [-0.39, 0.29) is 6.04 Å². The van der Waals surface area contributed by atoms with Crippen LogP contribution in [0.2, 0.25) is 0 Å². The average molecular weight is 332 g/mol. The monoisotopic (exact) mass is 331 g/mol. The van der Waals surface area contributed by atoms with Crippen molar-refractivity contribution in [1.82, 2.24) is 0 Å². The van der Waals surface area contributed by atoms with E-state index in [2.05, 4.69) is 79.7 Å². The smallest absolute Gasteiger partial charge is 0.0320 e. The first-order chi connectivity index (χ1) is 12.3. The third-order valence-electron chi connectivity index (χ3n) is 5.34. The van der Waals surface area contributed by atoms with Crippen LogP contribution in [-0.2, 0) is 0 Å². The molecule has 0 spiro atoms. The van der Waals surface area contributed by atoms with Crippen LogP contribution in [0.4, 0.5) is 0 Å². The van der Waals surface area contributed by atoms with Crippen LogP contribution in [-0.4, -0.2) is 0 Å². The van der Waals surface area contributed by atoms with Crippen molar-refractivity contribution in [3.63, 3.8) is 0 Å². The lowest BCUT2D eigenvalue weighted by Gasteiger charge is -2.25. The minimum atomic E-state index is 0.105. The zero-order valence-corrected chi connectivity index (χ0v) is 15.1. The maximum absolute atomic E-state index is 6.51. The second-order valence-corrected chi connectivity index (χ2v) is 7.14. The van der Waals surface area contributed by atoms with Crippen molar-refractivity contribution < 1.29 is 0 Å². The minimum absolute atomic E-state index is 0.105. The Balaban J connectivity index is 1.70. The maximum atomic E-state index is 6.51. The molecule has 2 aromatic rings. The number of hydrogen-bond donors (Lipinski definition) is 1. The second kappa shape index (κ2) is 8.82. The van der Waals surface area contributed by atoms with Gasteiger partial charge >= 0.3 is 0 Å². The van der Waals surface area contributed by atoms with Crippen molar-refractivity contribution in [2.24, 2.45) is 11.7 Å². The van der Waals surface area contributed by atoms with Crippen LogP contribution in [0.15, 0.2) is 84.5 Å². The Morgan fingerprint density at radius 2 is 1.48 bits per heavy atom. The molecule has 1 aliphatic rings. The van der Waals surface area contributed by atoms with Crippen molar-refractivity contribution in [2.45, 2.75) is 44.6 Å². The van der Waals surface area contributed by atoms with Gasteiger partial charge in [0, 0.05) is 12.0 Å². The summed E-state index contributed by atoms with van der Waals surface area (Å²) in [5, 5.41) is 0. The van der Waals surface area contributed by atoms with Crippen LogP contribution in [0.1, 0.15) is 55.7 Å². The molecule has 3 rings (SSSR count). The highest BCUT2D eigenvalue weighted by molar-refractivity contribution is 5.36. The molecule has 0 aromatic heterocycles. The molecule has 2 N–H and O–H groups in total. The standard InChI is InChI=1S/C24H29N/c1-19(24(25)22-15-9-4-10-16-22)17-18-23(20-11-5-2-6-12-20)21-13-7-3-8-14-21/h2,4-7,9-16,19,23-24H,3,8,17-18,25H2,1H3. The van der Waals surface area contributed by atoms with E-state index in [0.29, 0.717) is 11.8 Å². The lowest BCUT2D eigenvalue weighted by Crippen LogP contribution is -2.20. The van der Waals surface area contributed by atoms with Crippen molar-refractivity contribution in [3.8, 4) is 0 Å². The molecule has 1 aliphatic carbocycles. The van der Waals surface area contributed by atoms with Gasteiger partial charge in [-0.2, -0.15) is 0 Å². The molecule has 25 heavy (non-hydrogen) atoms. The molecule has 0 heterocycles. The molecule has 1 heteroatoms. The van der Waals surface area contributed by atoms with Gasteiger partial charge in [0.2, 0.25) is 0 Å². The highest BCUT2D eigenvalue weighted by Gasteiger charge is 2.20. The zero-order valence-electron chi connectivity index (χ0n) is 15.1. The predicted octanol–water partition coefficient (Wildman–Crippen LogP) is 6.16. The molecule has 2 aromatic carbocycles. The third-order valence-corrected chi connectivity index (χ3v) is 5.34. The highest BCUT2D eigenvalue weighted by Crippen LogP contribution is 2.35. The van der Waals surface area contributed by atoms with Gasteiger partial charge in [0.15, 0.2) is 0 Å². The van der Waals surface area contributed by atoms with Gasteiger partial charge in [-0.25, -0.2) is 0 Å². The van der Waals surface area contributed by atoms with Crippen LogP contribution in [0.5, 0.6) is 0 Å². The summed E-state index contributed by atoms with van der Waals surface area (Å²) in [6.45, 7) is 2.28. The van der Waals surface area contributed by atoms with E-state index < -0.39 is 0 Å². The number of hydrogen-bond acceptors (Lipinski definition) is 1. The second-order valence-electron chi connectivity index (χ2n) is 7.14. The van der Waals surface area contributed by atoms with E-state index in [1.807, 2.05) is 6.07 Å². The van der Waals surface area contributed by atoms with E-state index >= 15 is 0 Å². The first kappa shape index (κ1) is 17.7. The van der Waals surface area contributed by atoms with Gasteiger partial charge in [0.25, 0.3) is 0 Å². The number of allylic oxidation sites excluding steroid dienone is 4. The SMILES string of the molecule is CC(CCC(C1=CCCC=C1)c1ccccc1)C(N)c1ccccc1. The zero-order chi connectivity index (χ0) is 17.5. The van der Waals surface area contributed by atoms with Crippen molar-refractivity contribution in [3.05, 3.63) is 95.6 Å². The van der Waals surface area contributed by atoms with Crippen LogP contribution < -0.4 is 5.73 Å². The molecule has 0 bridgehead atoms. The van der Waals surface area contributed by atoms with Gasteiger partial charge in [-0.15, -0.1) is 0 Å². The normalized spacial score (nSPS) is 17.6. The Morgan fingerprint density at radius 1 is 0.840 bits per heavy atom. The van der Waals surface area contributed by atoms with Crippen molar-refractivity contribution in [2.75, 3.05) is 0 Å². The van der Waals surface area contributed by atoms with Gasteiger partial charge in [0.1, 0.15) is 0 Å². The molecule has 1 nitrogen and oxygen atoms in total. The van der Waals surface area contributed by atoms with Crippen molar-refractivity contribution >= 4 is 0 Å². The molecule has 0 fully saturated rings. The van der Waals surface area contributed by atoms with Crippen LogP contribution in [0, 0.1) is 5.92 Å². The van der Waals surface area contributed by atoms with Gasteiger partial charge in [0.05, 0.1) is 0 Å². The molecule has 0 amide bonds. The lowest BCUT2D eigenvalue weighted by atomic mass is 9.81. The van der Waals surface area contributed by atoms with Crippen molar-refractivity contribution in [1.29, 1.82) is 0 Å².